The lowest BCUT2D eigenvalue weighted by atomic mass is 10.2. The number of aromatic nitrogens is 1. The predicted molar refractivity (Wildman–Crippen MR) is 68.7 cm³/mol. The van der Waals surface area contributed by atoms with Crippen LogP contribution < -0.4 is 16.6 Å². The SMILES string of the molecule is CCC(C(=O)NCCN)n1cc([N+](=O)[O-])ccc1=O. The van der Waals surface area contributed by atoms with E-state index < -0.39 is 16.5 Å². The lowest BCUT2D eigenvalue weighted by Gasteiger charge is -2.17. The number of carbonyl (C=O) groups is 1. The van der Waals surface area contributed by atoms with Gasteiger partial charge in [0.25, 0.3) is 11.2 Å². The smallest absolute Gasteiger partial charge is 0.285 e. The number of nitrogens with one attached hydrogen (secondary N) is 1. The molecule has 3 N–H and O–H groups in total. The fourth-order valence-electron chi connectivity index (χ4n) is 1.67. The fourth-order valence-corrected chi connectivity index (χ4v) is 1.67. The molecular weight excluding hydrogens is 252 g/mol. The van der Waals surface area contributed by atoms with Gasteiger partial charge < -0.3 is 11.1 Å². The summed E-state index contributed by atoms with van der Waals surface area (Å²) in [5.41, 5.74) is 4.59. The van der Waals surface area contributed by atoms with E-state index in [1.165, 1.54) is 0 Å². The zero-order chi connectivity index (χ0) is 14.4. The molecule has 8 heteroatoms. The Bertz CT molecular complexity index is 526. The molecule has 0 saturated carbocycles. The van der Waals surface area contributed by atoms with Crippen molar-refractivity contribution in [3.8, 4) is 0 Å². The number of nitrogens with zero attached hydrogens (tertiary/aromatic N) is 2. The van der Waals surface area contributed by atoms with Crippen LogP contribution in [0.2, 0.25) is 0 Å². The van der Waals surface area contributed by atoms with Crippen LogP contribution in [0.5, 0.6) is 0 Å². The molecule has 0 fully saturated rings. The Morgan fingerprint density at radius 1 is 1.58 bits per heavy atom. The summed E-state index contributed by atoms with van der Waals surface area (Å²) >= 11 is 0. The molecule has 0 saturated heterocycles. The van der Waals surface area contributed by atoms with Crippen LogP contribution in [0.1, 0.15) is 19.4 Å². The Balaban J connectivity index is 3.10. The highest BCUT2D eigenvalue weighted by Gasteiger charge is 2.21. The van der Waals surface area contributed by atoms with Crippen molar-refractivity contribution in [3.05, 3.63) is 38.8 Å². The summed E-state index contributed by atoms with van der Waals surface area (Å²) in [7, 11) is 0. The zero-order valence-corrected chi connectivity index (χ0v) is 10.5. The van der Waals surface area contributed by atoms with Crippen molar-refractivity contribution in [2.75, 3.05) is 13.1 Å². The first-order chi connectivity index (χ1) is 9.01. The lowest BCUT2D eigenvalue weighted by Crippen LogP contribution is -2.38. The van der Waals surface area contributed by atoms with Crippen LogP contribution in [-0.4, -0.2) is 28.5 Å². The van der Waals surface area contributed by atoms with Crippen LogP contribution in [0.4, 0.5) is 5.69 Å². The molecule has 0 spiro atoms. The maximum Gasteiger partial charge on any atom is 0.285 e. The van der Waals surface area contributed by atoms with Crippen molar-refractivity contribution in [1.82, 2.24) is 9.88 Å². The Morgan fingerprint density at radius 2 is 2.26 bits per heavy atom. The molecule has 1 amide bonds. The molecule has 0 aliphatic rings. The predicted octanol–water partition coefficient (Wildman–Crippen LogP) is -0.217. The van der Waals surface area contributed by atoms with E-state index in [9.17, 15) is 19.7 Å². The van der Waals surface area contributed by atoms with Gasteiger partial charge in [0, 0.05) is 25.2 Å². The Morgan fingerprint density at radius 3 is 2.79 bits per heavy atom. The summed E-state index contributed by atoms with van der Waals surface area (Å²) in [6.45, 7) is 2.29. The summed E-state index contributed by atoms with van der Waals surface area (Å²) in [6.07, 6.45) is 1.43. The zero-order valence-electron chi connectivity index (χ0n) is 10.5. The first-order valence-electron chi connectivity index (χ1n) is 5.85. The van der Waals surface area contributed by atoms with Crippen molar-refractivity contribution in [2.24, 2.45) is 5.73 Å². The maximum atomic E-state index is 11.9. The minimum Gasteiger partial charge on any atom is -0.353 e. The third kappa shape index (κ3) is 3.62. The number of amides is 1. The first kappa shape index (κ1) is 14.8. The molecule has 104 valence electrons. The minimum absolute atomic E-state index is 0.232. The summed E-state index contributed by atoms with van der Waals surface area (Å²) < 4.78 is 1.07. The highest BCUT2D eigenvalue weighted by atomic mass is 16.6. The molecular formula is C11H16N4O4. The van der Waals surface area contributed by atoms with Gasteiger partial charge in [-0.3, -0.25) is 24.3 Å². The number of rotatable bonds is 6. The molecule has 1 aromatic rings. The average Bonchev–Trinajstić information content (AvgIpc) is 2.38. The van der Waals surface area contributed by atoms with Crippen molar-refractivity contribution in [2.45, 2.75) is 19.4 Å². The molecule has 1 atom stereocenters. The second-order valence-electron chi connectivity index (χ2n) is 3.89. The van der Waals surface area contributed by atoms with Crippen molar-refractivity contribution in [3.63, 3.8) is 0 Å². The number of nitro groups is 1. The summed E-state index contributed by atoms with van der Waals surface area (Å²) in [6, 6.07) is 1.42. The van der Waals surface area contributed by atoms with Crippen molar-refractivity contribution >= 4 is 11.6 Å². The van der Waals surface area contributed by atoms with Crippen LogP contribution in [0.25, 0.3) is 0 Å². The standard InChI is InChI=1S/C11H16N4O4/c1-2-9(11(17)13-6-5-12)14-7-8(15(18)19)3-4-10(14)16/h3-4,7,9H,2,5-6,12H2,1H3,(H,13,17). The van der Waals surface area contributed by atoms with E-state index in [1.54, 1.807) is 6.92 Å². The quantitative estimate of drug-likeness (QED) is 0.546. The number of carbonyl (C=O) groups excluding carboxylic acids is 1. The van der Waals surface area contributed by atoms with Crippen LogP contribution in [0, 0.1) is 10.1 Å². The van der Waals surface area contributed by atoms with E-state index in [1.807, 2.05) is 0 Å². The van der Waals surface area contributed by atoms with Gasteiger partial charge in [0.15, 0.2) is 0 Å². The molecule has 1 aromatic heterocycles. The van der Waals surface area contributed by atoms with Gasteiger partial charge in [-0.1, -0.05) is 6.92 Å². The van der Waals surface area contributed by atoms with Gasteiger partial charge in [-0.2, -0.15) is 0 Å². The Hall–Kier alpha value is -2.22. The van der Waals surface area contributed by atoms with E-state index in [0.717, 1.165) is 22.9 Å². The molecule has 0 aliphatic carbocycles. The monoisotopic (exact) mass is 268 g/mol. The minimum atomic E-state index is -0.779. The van der Waals surface area contributed by atoms with Gasteiger partial charge >= 0.3 is 0 Å². The summed E-state index contributed by atoms with van der Waals surface area (Å²) in [4.78, 5) is 33.7. The number of pyridine rings is 1. The van der Waals surface area contributed by atoms with Gasteiger partial charge in [-0.15, -0.1) is 0 Å². The highest BCUT2D eigenvalue weighted by Crippen LogP contribution is 2.13. The molecule has 1 rings (SSSR count). The molecule has 1 heterocycles. The van der Waals surface area contributed by atoms with Gasteiger partial charge in [0.05, 0.1) is 11.1 Å². The summed E-state index contributed by atoms with van der Waals surface area (Å²) in [5, 5.41) is 13.3. The van der Waals surface area contributed by atoms with Crippen molar-refractivity contribution < 1.29 is 9.72 Å². The van der Waals surface area contributed by atoms with Crippen LogP contribution in [-0.2, 0) is 4.79 Å². The van der Waals surface area contributed by atoms with Crippen LogP contribution >= 0.6 is 0 Å². The number of hydrogen-bond donors (Lipinski definition) is 2. The Kier molecular flexibility index (Phi) is 5.19. The highest BCUT2D eigenvalue weighted by molar-refractivity contribution is 5.80. The molecule has 8 nitrogen and oxygen atoms in total. The van der Waals surface area contributed by atoms with Gasteiger partial charge in [-0.05, 0) is 6.42 Å². The van der Waals surface area contributed by atoms with E-state index in [0.29, 0.717) is 13.0 Å². The third-order valence-corrected chi connectivity index (χ3v) is 2.60. The second kappa shape index (κ2) is 6.64. The van der Waals surface area contributed by atoms with Gasteiger partial charge in [0.2, 0.25) is 5.91 Å². The van der Waals surface area contributed by atoms with Gasteiger partial charge in [0.1, 0.15) is 6.04 Å². The van der Waals surface area contributed by atoms with E-state index >= 15 is 0 Å². The molecule has 0 bridgehead atoms. The molecule has 0 aliphatic heterocycles. The first-order valence-corrected chi connectivity index (χ1v) is 5.85. The van der Waals surface area contributed by atoms with Gasteiger partial charge in [-0.25, -0.2) is 0 Å². The molecule has 1 unspecified atom stereocenters. The number of hydrogen-bond acceptors (Lipinski definition) is 5. The van der Waals surface area contributed by atoms with Crippen LogP contribution in [0.3, 0.4) is 0 Å². The van der Waals surface area contributed by atoms with E-state index in [4.69, 9.17) is 5.73 Å². The van der Waals surface area contributed by atoms with E-state index in [2.05, 4.69) is 5.32 Å². The van der Waals surface area contributed by atoms with Crippen LogP contribution in [0.15, 0.2) is 23.1 Å². The molecule has 0 radical (unpaired) electrons. The number of nitrogens with two attached hydrogens (primary N) is 1. The second-order valence-corrected chi connectivity index (χ2v) is 3.89. The average molecular weight is 268 g/mol. The summed E-state index contributed by atoms with van der Waals surface area (Å²) in [5.74, 6) is -0.379. The molecule has 19 heavy (non-hydrogen) atoms. The third-order valence-electron chi connectivity index (χ3n) is 2.60. The maximum absolute atomic E-state index is 11.9. The normalized spacial score (nSPS) is 11.9. The Labute approximate surface area is 109 Å². The lowest BCUT2D eigenvalue weighted by molar-refractivity contribution is -0.385. The topological polar surface area (TPSA) is 120 Å². The fraction of sp³-hybridized carbons (Fsp3) is 0.455. The van der Waals surface area contributed by atoms with Crippen molar-refractivity contribution in [1.29, 1.82) is 0 Å². The largest absolute Gasteiger partial charge is 0.353 e. The van der Waals surface area contributed by atoms with E-state index in [-0.39, 0.29) is 18.1 Å². The molecule has 0 aromatic carbocycles.